The van der Waals surface area contributed by atoms with E-state index in [2.05, 4.69) is 5.32 Å². The van der Waals surface area contributed by atoms with E-state index in [-0.39, 0.29) is 18.2 Å². The minimum atomic E-state index is -4.97. The van der Waals surface area contributed by atoms with Gasteiger partial charge in [-0.05, 0) is 55.7 Å². The molecule has 210 valence electrons. The monoisotopic (exact) mass is 553 g/mol. The molecule has 0 aliphatic rings. The first-order chi connectivity index (χ1) is 18.1. The molecular weight excluding hydrogens is 524 g/mol. The van der Waals surface area contributed by atoms with Crippen LogP contribution in [0.2, 0.25) is 0 Å². The van der Waals surface area contributed by atoms with Gasteiger partial charge in [0.15, 0.2) is 0 Å². The van der Waals surface area contributed by atoms with E-state index in [1.165, 1.54) is 0 Å². The van der Waals surface area contributed by atoms with Gasteiger partial charge in [-0.1, -0.05) is 60.7 Å². The van der Waals surface area contributed by atoms with Crippen LogP contribution < -0.4 is 5.32 Å². The van der Waals surface area contributed by atoms with Crippen molar-refractivity contribution in [3.63, 3.8) is 0 Å². The fourth-order valence-electron chi connectivity index (χ4n) is 4.06. The summed E-state index contributed by atoms with van der Waals surface area (Å²) in [6.07, 6.45) is -10.7. The van der Waals surface area contributed by atoms with Crippen LogP contribution in [0.3, 0.4) is 0 Å². The smallest absolute Gasteiger partial charge is 0.416 e. The summed E-state index contributed by atoms with van der Waals surface area (Å²) in [6, 6.07) is 18.9. The molecule has 3 aromatic rings. The number of amides is 1. The van der Waals surface area contributed by atoms with Crippen molar-refractivity contribution in [2.24, 2.45) is 0 Å². The summed E-state index contributed by atoms with van der Waals surface area (Å²) in [6.45, 7) is 4.29. The Morgan fingerprint density at radius 3 is 1.64 bits per heavy atom. The highest BCUT2D eigenvalue weighted by atomic mass is 19.4. The molecule has 1 unspecified atom stereocenters. The third-order valence-electron chi connectivity index (χ3n) is 5.64. The Morgan fingerprint density at radius 1 is 0.769 bits per heavy atom. The molecule has 0 heterocycles. The molecule has 0 aromatic heterocycles. The van der Waals surface area contributed by atoms with Crippen molar-refractivity contribution >= 4 is 6.09 Å². The van der Waals surface area contributed by atoms with Crippen LogP contribution in [0.4, 0.5) is 31.1 Å². The highest BCUT2D eigenvalue weighted by molar-refractivity contribution is 5.68. The van der Waals surface area contributed by atoms with Crippen molar-refractivity contribution in [1.82, 2.24) is 5.32 Å². The fourth-order valence-corrected chi connectivity index (χ4v) is 4.06. The van der Waals surface area contributed by atoms with Gasteiger partial charge in [0.05, 0.1) is 30.4 Å². The van der Waals surface area contributed by atoms with Crippen molar-refractivity contribution in [2.75, 3.05) is 6.61 Å². The Kier molecular flexibility index (Phi) is 9.32. The molecule has 0 saturated heterocycles. The second-order valence-corrected chi connectivity index (χ2v) is 9.98. The SMILES string of the molecule is CC(C)(C)OC(=O)NC(COCc1cc(C(F)(F)F)cc(C(F)(F)F)c1)C(c1ccccc1)c1ccccc1. The molecule has 0 fully saturated rings. The van der Waals surface area contributed by atoms with Crippen molar-refractivity contribution in [2.45, 2.75) is 57.3 Å². The van der Waals surface area contributed by atoms with Gasteiger partial charge in [-0.3, -0.25) is 0 Å². The molecular formula is C29H29F6NO3. The highest BCUT2D eigenvalue weighted by Crippen LogP contribution is 2.36. The Morgan fingerprint density at radius 2 is 1.23 bits per heavy atom. The van der Waals surface area contributed by atoms with E-state index in [0.717, 1.165) is 11.1 Å². The summed E-state index contributed by atoms with van der Waals surface area (Å²) < 4.78 is 90.7. The van der Waals surface area contributed by atoms with Crippen LogP contribution in [0.1, 0.15) is 54.5 Å². The zero-order valence-electron chi connectivity index (χ0n) is 21.6. The molecule has 0 bridgehead atoms. The van der Waals surface area contributed by atoms with Gasteiger partial charge in [0, 0.05) is 5.92 Å². The maximum atomic E-state index is 13.3. The summed E-state index contributed by atoms with van der Waals surface area (Å²) in [5.41, 5.74) is -2.34. The summed E-state index contributed by atoms with van der Waals surface area (Å²) in [4.78, 5) is 12.7. The first-order valence-corrected chi connectivity index (χ1v) is 12.1. The molecule has 0 radical (unpaired) electrons. The molecule has 4 nitrogen and oxygen atoms in total. The maximum Gasteiger partial charge on any atom is 0.416 e. The van der Waals surface area contributed by atoms with E-state index in [0.29, 0.717) is 12.1 Å². The van der Waals surface area contributed by atoms with E-state index >= 15 is 0 Å². The van der Waals surface area contributed by atoms with E-state index in [1.807, 2.05) is 60.7 Å². The normalized spacial score (nSPS) is 13.3. The third-order valence-corrected chi connectivity index (χ3v) is 5.64. The van der Waals surface area contributed by atoms with E-state index in [1.54, 1.807) is 20.8 Å². The number of carbonyl (C=O) groups excluding carboxylic acids is 1. The van der Waals surface area contributed by atoms with E-state index in [9.17, 15) is 31.1 Å². The van der Waals surface area contributed by atoms with Crippen molar-refractivity contribution in [3.05, 3.63) is 107 Å². The van der Waals surface area contributed by atoms with Crippen molar-refractivity contribution in [3.8, 4) is 0 Å². The maximum absolute atomic E-state index is 13.3. The van der Waals surface area contributed by atoms with Crippen LogP contribution in [0, 0.1) is 0 Å². The summed E-state index contributed by atoms with van der Waals surface area (Å²) >= 11 is 0. The first-order valence-electron chi connectivity index (χ1n) is 12.1. The first kappa shape index (κ1) is 30.0. The van der Waals surface area contributed by atoms with Gasteiger partial charge in [0.2, 0.25) is 0 Å². The zero-order chi connectivity index (χ0) is 28.8. The average Bonchev–Trinajstić information content (AvgIpc) is 2.83. The molecule has 0 saturated carbocycles. The summed E-state index contributed by atoms with van der Waals surface area (Å²) in [5.74, 6) is -0.466. The molecule has 3 rings (SSSR count). The summed E-state index contributed by atoms with van der Waals surface area (Å²) in [5, 5.41) is 2.78. The predicted molar refractivity (Wildman–Crippen MR) is 134 cm³/mol. The standard InChI is InChI=1S/C29H29F6NO3/c1-27(2,3)39-26(37)36-24(25(20-10-6-4-7-11-20)21-12-8-5-9-13-21)18-38-17-19-14-22(28(30,31)32)16-23(15-19)29(33,34)35/h4-16,24-25H,17-18H2,1-3H3,(H,36,37). The number of benzene rings is 3. The molecule has 39 heavy (non-hydrogen) atoms. The van der Waals surface area contributed by atoms with Crippen LogP contribution in [0.15, 0.2) is 78.9 Å². The molecule has 1 amide bonds. The number of carbonyl (C=O) groups is 1. The van der Waals surface area contributed by atoms with Gasteiger partial charge in [0.1, 0.15) is 5.60 Å². The molecule has 10 heteroatoms. The Bertz CT molecular complexity index is 1150. The number of hydrogen-bond donors (Lipinski definition) is 1. The van der Waals surface area contributed by atoms with Crippen LogP contribution >= 0.6 is 0 Å². The lowest BCUT2D eigenvalue weighted by Gasteiger charge is -2.30. The fraction of sp³-hybridized carbons (Fsp3) is 0.345. The van der Waals surface area contributed by atoms with Crippen LogP contribution in [0.25, 0.3) is 0 Å². The Labute approximate surface area is 222 Å². The predicted octanol–water partition coefficient (Wildman–Crippen LogP) is 7.97. The molecule has 1 N–H and O–H groups in total. The number of alkyl carbamates (subject to hydrolysis) is 1. The number of alkyl halides is 6. The number of nitrogens with one attached hydrogen (secondary N) is 1. The van der Waals surface area contributed by atoms with Gasteiger partial charge in [0.25, 0.3) is 0 Å². The minimum Gasteiger partial charge on any atom is -0.444 e. The zero-order valence-corrected chi connectivity index (χ0v) is 21.6. The number of halogens is 6. The van der Waals surface area contributed by atoms with Crippen molar-refractivity contribution < 1.29 is 40.6 Å². The van der Waals surface area contributed by atoms with Gasteiger partial charge in [-0.2, -0.15) is 26.3 Å². The highest BCUT2D eigenvalue weighted by Gasteiger charge is 2.37. The lowest BCUT2D eigenvalue weighted by Crippen LogP contribution is -2.45. The number of ether oxygens (including phenoxy) is 2. The quantitative estimate of drug-likeness (QED) is 0.288. The second-order valence-electron chi connectivity index (χ2n) is 9.98. The summed E-state index contributed by atoms with van der Waals surface area (Å²) in [7, 11) is 0. The van der Waals surface area contributed by atoms with Gasteiger partial charge in [-0.25, -0.2) is 4.79 Å². The molecule has 0 spiro atoms. The van der Waals surface area contributed by atoms with Crippen LogP contribution in [0.5, 0.6) is 0 Å². The number of rotatable bonds is 8. The molecule has 3 aromatic carbocycles. The minimum absolute atomic E-state index is 0.0667. The molecule has 0 aliphatic heterocycles. The lowest BCUT2D eigenvalue weighted by atomic mass is 9.85. The molecule has 0 aliphatic carbocycles. The largest absolute Gasteiger partial charge is 0.444 e. The van der Waals surface area contributed by atoms with Crippen LogP contribution in [-0.2, 0) is 28.4 Å². The lowest BCUT2D eigenvalue weighted by molar-refractivity contribution is -0.143. The third kappa shape index (κ3) is 9.02. The van der Waals surface area contributed by atoms with Gasteiger partial charge < -0.3 is 14.8 Å². The van der Waals surface area contributed by atoms with E-state index < -0.39 is 53.7 Å². The molecule has 1 atom stereocenters. The van der Waals surface area contributed by atoms with Gasteiger partial charge >= 0.3 is 18.4 Å². The number of hydrogen-bond acceptors (Lipinski definition) is 3. The van der Waals surface area contributed by atoms with E-state index in [4.69, 9.17) is 9.47 Å². The van der Waals surface area contributed by atoms with Gasteiger partial charge in [-0.15, -0.1) is 0 Å². The Balaban J connectivity index is 1.92. The van der Waals surface area contributed by atoms with Crippen LogP contribution in [-0.4, -0.2) is 24.3 Å². The Hall–Kier alpha value is -3.53. The topological polar surface area (TPSA) is 47.6 Å². The second kappa shape index (κ2) is 12.1. The van der Waals surface area contributed by atoms with Crippen molar-refractivity contribution in [1.29, 1.82) is 0 Å². The average molecular weight is 554 g/mol.